The third-order valence-corrected chi connectivity index (χ3v) is 6.80. The van der Waals surface area contributed by atoms with Crippen LogP contribution in [0.5, 0.6) is 0 Å². The van der Waals surface area contributed by atoms with E-state index in [0.717, 1.165) is 30.2 Å². The third-order valence-electron chi connectivity index (χ3n) is 4.98. The molecule has 0 bridgehead atoms. The summed E-state index contributed by atoms with van der Waals surface area (Å²) in [7, 11) is 1.68. The van der Waals surface area contributed by atoms with Crippen LogP contribution >= 0.6 is 23.1 Å². The first-order valence-corrected chi connectivity index (χ1v) is 11.7. The van der Waals surface area contributed by atoms with E-state index in [1.807, 2.05) is 17.5 Å². The molecular weight excluding hydrogens is 423 g/mol. The van der Waals surface area contributed by atoms with Crippen molar-refractivity contribution in [3.63, 3.8) is 0 Å². The summed E-state index contributed by atoms with van der Waals surface area (Å²) in [5, 5.41) is 11.4. The number of benzene rings is 1. The predicted molar refractivity (Wildman–Crippen MR) is 116 cm³/mol. The SMILES string of the molecule is CN(Cc1ccccc1F)C(=O)CSc1nnc(-c2cccs2)n1C[C@H]1CCCO1. The van der Waals surface area contributed by atoms with Crippen molar-refractivity contribution in [1.82, 2.24) is 19.7 Å². The van der Waals surface area contributed by atoms with Gasteiger partial charge in [-0.3, -0.25) is 9.36 Å². The van der Waals surface area contributed by atoms with Gasteiger partial charge in [-0.2, -0.15) is 0 Å². The topological polar surface area (TPSA) is 60.2 Å². The average Bonchev–Trinajstić information content (AvgIpc) is 3.50. The van der Waals surface area contributed by atoms with E-state index in [9.17, 15) is 9.18 Å². The van der Waals surface area contributed by atoms with Crippen LogP contribution in [0.25, 0.3) is 10.7 Å². The number of thiophene rings is 1. The molecule has 0 saturated carbocycles. The number of rotatable bonds is 8. The summed E-state index contributed by atoms with van der Waals surface area (Å²) in [5.74, 6) is 0.614. The zero-order valence-corrected chi connectivity index (χ0v) is 18.3. The van der Waals surface area contributed by atoms with Crippen molar-refractivity contribution in [3.05, 3.63) is 53.2 Å². The number of thioether (sulfide) groups is 1. The molecule has 4 rings (SSSR count). The van der Waals surface area contributed by atoms with Gasteiger partial charge in [-0.25, -0.2) is 4.39 Å². The first-order valence-electron chi connectivity index (χ1n) is 9.80. The minimum absolute atomic E-state index is 0.0902. The number of carbonyl (C=O) groups is 1. The summed E-state index contributed by atoms with van der Waals surface area (Å²) in [6.07, 6.45) is 2.21. The van der Waals surface area contributed by atoms with Crippen LogP contribution in [-0.4, -0.2) is 51.1 Å². The number of halogens is 1. The molecular formula is C21H23FN4O2S2. The lowest BCUT2D eigenvalue weighted by molar-refractivity contribution is -0.127. The molecule has 1 atom stereocenters. The van der Waals surface area contributed by atoms with E-state index in [1.54, 1.807) is 36.6 Å². The van der Waals surface area contributed by atoms with Crippen LogP contribution in [0.1, 0.15) is 18.4 Å². The Morgan fingerprint density at radius 1 is 1.33 bits per heavy atom. The Labute approximate surface area is 183 Å². The van der Waals surface area contributed by atoms with Gasteiger partial charge in [0, 0.05) is 25.8 Å². The standard InChI is InChI=1S/C21H23FN4O2S2/c1-25(12-15-6-2-3-8-17(15)22)19(27)14-30-21-24-23-20(18-9-5-11-29-18)26(21)13-16-7-4-10-28-16/h2-3,5-6,8-9,11,16H,4,7,10,12-14H2,1H3/t16-/m1/s1. The molecule has 0 unspecified atom stereocenters. The van der Waals surface area contributed by atoms with E-state index in [-0.39, 0.29) is 30.1 Å². The Hall–Kier alpha value is -2.23. The molecule has 2 aromatic heterocycles. The number of aromatic nitrogens is 3. The molecule has 1 fully saturated rings. The van der Waals surface area contributed by atoms with Crippen molar-refractivity contribution < 1.29 is 13.9 Å². The highest BCUT2D eigenvalue weighted by molar-refractivity contribution is 7.99. The molecule has 1 aliphatic heterocycles. The van der Waals surface area contributed by atoms with Crippen LogP contribution in [0.15, 0.2) is 46.9 Å². The highest BCUT2D eigenvalue weighted by atomic mass is 32.2. The van der Waals surface area contributed by atoms with Crippen LogP contribution in [0.2, 0.25) is 0 Å². The molecule has 0 spiro atoms. The number of amides is 1. The second-order valence-corrected chi connectivity index (χ2v) is 9.05. The maximum atomic E-state index is 13.9. The summed E-state index contributed by atoms with van der Waals surface area (Å²) >= 11 is 2.96. The van der Waals surface area contributed by atoms with Crippen molar-refractivity contribution in [2.45, 2.75) is 37.2 Å². The van der Waals surface area contributed by atoms with Crippen molar-refractivity contribution >= 4 is 29.0 Å². The summed E-state index contributed by atoms with van der Waals surface area (Å²) < 4.78 is 21.7. The molecule has 0 radical (unpaired) electrons. The minimum Gasteiger partial charge on any atom is -0.376 e. The maximum absolute atomic E-state index is 13.9. The van der Waals surface area contributed by atoms with Gasteiger partial charge in [0.15, 0.2) is 11.0 Å². The van der Waals surface area contributed by atoms with Gasteiger partial charge in [0.2, 0.25) is 5.91 Å². The van der Waals surface area contributed by atoms with E-state index in [1.165, 1.54) is 22.7 Å². The highest BCUT2D eigenvalue weighted by Crippen LogP contribution is 2.29. The van der Waals surface area contributed by atoms with Crippen molar-refractivity contribution in [3.8, 4) is 10.7 Å². The van der Waals surface area contributed by atoms with E-state index >= 15 is 0 Å². The van der Waals surface area contributed by atoms with Gasteiger partial charge in [-0.15, -0.1) is 21.5 Å². The predicted octanol–water partition coefficient (Wildman–Crippen LogP) is 4.08. The smallest absolute Gasteiger partial charge is 0.233 e. The van der Waals surface area contributed by atoms with Gasteiger partial charge in [0.05, 0.1) is 23.3 Å². The molecule has 9 heteroatoms. The number of ether oxygens (including phenoxy) is 1. The minimum atomic E-state index is -0.304. The molecule has 0 N–H and O–H groups in total. The zero-order chi connectivity index (χ0) is 20.9. The molecule has 3 heterocycles. The van der Waals surface area contributed by atoms with Crippen LogP contribution < -0.4 is 0 Å². The molecule has 30 heavy (non-hydrogen) atoms. The summed E-state index contributed by atoms with van der Waals surface area (Å²) in [5.41, 5.74) is 0.500. The lowest BCUT2D eigenvalue weighted by Gasteiger charge is -2.18. The van der Waals surface area contributed by atoms with Gasteiger partial charge in [-0.1, -0.05) is 36.0 Å². The Kier molecular flexibility index (Phi) is 6.81. The second kappa shape index (κ2) is 9.72. The quantitative estimate of drug-likeness (QED) is 0.488. The first kappa shape index (κ1) is 21.0. The van der Waals surface area contributed by atoms with Crippen molar-refractivity contribution in [1.29, 1.82) is 0 Å². The Morgan fingerprint density at radius 3 is 2.93 bits per heavy atom. The molecule has 6 nitrogen and oxygen atoms in total. The highest BCUT2D eigenvalue weighted by Gasteiger charge is 2.23. The molecule has 1 amide bonds. The largest absolute Gasteiger partial charge is 0.376 e. The molecule has 0 aliphatic carbocycles. The van der Waals surface area contributed by atoms with Gasteiger partial charge < -0.3 is 9.64 Å². The number of hydrogen-bond donors (Lipinski definition) is 0. The van der Waals surface area contributed by atoms with Gasteiger partial charge in [-0.05, 0) is 30.4 Å². The third kappa shape index (κ3) is 4.91. The van der Waals surface area contributed by atoms with E-state index < -0.39 is 0 Å². The Morgan fingerprint density at radius 2 is 2.20 bits per heavy atom. The fourth-order valence-electron chi connectivity index (χ4n) is 3.35. The lowest BCUT2D eigenvalue weighted by atomic mass is 10.2. The molecule has 158 valence electrons. The summed E-state index contributed by atoms with van der Waals surface area (Å²) in [6, 6.07) is 10.5. The Bertz CT molecular complexity index is 987. The zero-order valence-electron chi connectivity index (χ0n) is 16.7. The van der Waals surface area contributed by atoms with E-state index in [4.69, 9.17) is 4.74 Å². The van der Waals surface area contributed by atoms with Crippen molar-refractivity contribution in [2.75, 3.05) is 19.4 Å². The number of nitrogens with zero attached hydrogens (tertiary/aromatic N) is 4. The molecule has 1 aliphatic rings. The van der Waals surface area contributed by atoms with Crippen molar-refractivity contribution in [2.24, 2.45) is 0 Å². The van der Waals surface area contributed by atoms with Crippen LogP contribution in [-0.2, 0) is 22.6 Å². The maximum Gasteiger partial charge on any atom is 0.233 e. The number of carbonyl (C=O) groups excluding carboxylic acids is 1. The molecule has 3 aromatic rings. The fraction of sp³-hybridized carbons (Fsp3) is 0.381. The first-order chi connectivity index (χ1) is 14.6. The normalized spacial score (nSPS) is 16.1. The second-order valence-electron chi connectivity index (χ2n) is 7.16. The lowest BCUT2D eigenvalue weighted by Crippen LogP contribution is -2.28. The summed E-state index contributed by atoms with van der Waals surface area (Å²) in [6.45, 7) is 1.68. The number of hydrogen-bond acceptors (Lipinski definition) is 6. The van der Waals surface area contributed by atoms with E-state index in [0.29, 0.717) is 17.3 Å². The molecule has 1 saturated heterocycles. The molecule has 1 aromatic carbocycles. The van der Waals surface area contributed by atoms with Crippen LogP contribution in [0.3, 0.4) is 0 Å². The monoisotopic (exact) mass is 446 g/mol. The average molecular weight is 447 g/mol. The van der Waals surface area contributed by atoms with Gasteiger partial charge in [0.25, 0.3) is 0 Å². The fourth-order valence-corrected chi connectivity index (χ4v) is 4.95. The summed E-state index contributed by atoms with van der Waals surface area (Å²) in [4.78, 5) is 15.2. The Balaban J connectivity index is 1.44. The van der Waals surface area contributed by atoms with E-state index in [2.05, 4.69) is 14.8 Å². The van der Waals surface area contributed by atoms with Gasteiger partial charge >= 0.3 is 0 Å². The van der Waals surface area contributed by atoms with Gasteiger partial charge in [0.1, 0.15) is 5.82 Å². The van der Waals surface area contributed by atoms with Crippen LogP contribution in [0, 0.1) is 5.82 Å². The van der Waals surface area contributed by atoms with Crippen LogP contribution in [0.4, 0.5) is 4.39 Å².